The first-order chi connectivity index (χ1) is 9.43. The van der Waals surface area contributed by atoms with Gasteiger partial charge in [-0.1, -0.05) is 12.1 Å². The first kappa shape index (κ1) is 12.8. The quantitative estimate of drug-likeness (QED) is 0.906. The van der Waals surface area contributed by atoms with Gasteiger partial charge >= 0.3 is 0 Å². The average Bonchev–Trinajstić information content (AvgIpc) is 2.72. The molecule has 2 heterocycles. The first-order valence-corrected chi connectivity index (χ1v) is 7.12. The second kappa shape index (κ2) is 6.26. The number of nitrogens with one attached hydrogen (secondary N) is 1. The molecule has 4 heteroatoms. The normalized spacial score (nSPS) is 22.8. The van der Waals surface area contributed by atoms with E-state index in [9.17, 15) is 0 Å². The van der Waals surface area contributed by atoms with Crippen LogP contribution in [0.15, 0.2) is 18.2 Å². The van der Waals surface area contributed by atoms with Crippen molar-refractivity contribution in [1.29, 1.82) is 0 Å². The number of hydrogen-bond acceptors (Lipinski definition) is 4. The van der Waals surface area contributed by atoms with E-state index in [0.29, 0.717) is 6.04 Å². The Balaban J connectivity index is 1.66. The molecule has 1 atom stereocenters. The van der Waals surface area contributed by atoms with Crippen molar-refractivity contribution >= 4 is 0 Å². The van der Waals surface area contributed by atoms with Gasteiger partial charge in [-0.05, 0) is 18.9 Å². The summed E-state index contributed by atoms with van der Waals surface area (Å²) in [5.74, 6) is 1.78. The lowest BCUT2D eigenvalue weighted by molar-refractivity contribution is 0.0698. The first-order valence-electron chi connectivity index (χ1n) is 7.12. The molecule has 2 aliphatic heterocycles. The Morgan fingerprint density at radius 3 is 2.95 bits per heavy atom. The van der Waals surface area contributed by atoms with Crippen molar-refractivity contribution in [2.75, 3.05) is 26.4 Å². The van der Waals surface area contributed by atoms with Crippen LogP contribution in [-0.2, 0) is 11.3 Å². The highest BCUT2D eigenvalue weighted by atomic mass is 16.5. The molecule has 0 spiro atoms. The summed E-state index contributed by atoms with van der Waals surface area (Å²) in [5, 5.41) is 3.55. The third-order valence-corrected chi connectivity index (χ3v) is 3.59. The molecule has 4 nitrogen and oxygen atoms in total. The molecule has 1 aromatic rings. The molecular weight excluding hydrogens is 242 g/mol. The standard InChI is InChI=1S/C15H21NO3/c1-4-12(10-16-13-5-2-7-17-11-13)15-14(6-1)18-8-3-9-19-15/h1,4,6,13,16H,2-3,5,7-11H2. The zero-order valence-electron chi connectivity index (χ0n) is 11.2. The van der Waals surface area contributed by atoms with Crippen LogP contribution in [0, 0.1) is 0 Å². The van der Waals surface area contributed by atoms with Gasteiger partial charge in [0.25, 0.3) is 0 Å². The predicted molar refractivity (Wildman–Crippen MR) is 72.7 cm³/mol. The topological polar surface area (TPSA) is 39.7 Å². The molecule has 3 rings (SSSR count). The maximum atomic E-state index is 5.82. The van der Waals surface area contributed by atoms with Crippen molar-refractivity contribution in [1.82, 2.24) is 5.32 Å². The van der Waals surface area contributed by atoms with Crippen LogP contribution in [0.3, 0.4) is 0 Å². The molecule has 19 heavy (non-hydrogen) atoms. The molecule has 0 aliphatic carbocycles. The summed E-state index contributed by atoms with van der Waals surface area (Å²) >= 11 is 0. The highest BCUT2D eigenvalue weighted by Crippen LogP contribution is 2.33. The number of rotatable bonds is 3. The van der Waals surface area contributed by atoms with E-state index in [0.717, 1.165) is 57.3 Å². The van der Waals surface area contributed by atoms with Gasteiger partial charge in [-0.3, -0.25) is 0 Å². The van der Waals surface area contributed by atoms with Crippen molar-refractivity contribution in [3.05, 3.63) is 23.8 Å². The van der Waals surface area contributed by atoms with E-state index in [1.807, 2.05) is 12.1 Å². The Labute approximate surface area is 114 Å². The van der Waals surface area contributed by atoms with Gasteiger partial charge in [0.15, 0.2) is 11.5 Å². The third kappa shape index (κ3) is 3.19. The monoisotopic (exact) mass is 263 g/mol. The summed E-state index contributed by atoms with van der Waals surface area (Å²) in [6.07, 6.45) is 3.27. The lowest BCUT2D eigenvalue weighted by Crippen LogP contribution is -2.36. The van der Waals surface area contributed by atoms with Crippen LogP contribution in [0.4, 0.5) is 0 Å². The Morgan fingerprint density at radius 2 is 2.05 bits per heavy atom. The molecule has 0 bridgehead atoms. The molecule has 1 saturated heterocycles. The van der Waals surface area contributed by atoms with Crippen molar-refractivity contribution in [3.63, 3.8) is 0 Å². The minimum Gasteiger partial charge on any atom is -0.490 e. The van der Waals surface area contributed by atoms with Gasteiger partial charge in [0.1, 0.15) is 0 Å². The van der Waals surface area contributed by atoms with Crippen LogP contribution in [0.5, 0.6) is 11.5 Å². The number of ether oxygens (including phenoxy) is 3. The zero-order valence-corrected chi connectivity index (χ0v) is 11.2. The van der Waals surface area contributed by atoms with Crippen molar-refractivity contribution < 1.29 is 14.2 Å². The Morgan fingerprint density at radius 1 is 1.11 bits per heavy atom. The van der Waals surface area contributed by atoms with Crippen LogP contribution >= 0.6 is 0 Å². The molecule has 1 fully saturated rings. The summed E-state index contributed by atoms with van der Waals surface area (Å²) < 4.78 is 17.0. The summed E-state index contributed by atoms with van der Waals surface area (Å²) in [6.45, 7) is 3.99. The maximum Gasteiger partial charge on any atom is 0.165 e. The molecule has 104 valence electrons. The summed E-state index contributed by atoms with van der Waals surface area (Å²) in [7, 11) is 0. The minimum atomic E-state index is 0.455. The molecule has 0 radical (unpaired) electrons. The molecule has 2 aliphatic rings. The van der Waals surface area contributed by atoms with Gasteiger partial charge in [0.05, 0.1) is 19.8 Å². The second-order valence-corrected chi connectivity index (χ2v) is 5.09. The Kier molecular flexibility index (Phi) is 4.20. The predicted octanol–water partition coefficient (Wildman–Crippen LogP) is 2.12. The van der Waals surface area contributed by atoms with Gasteiger partial charge in [0, 0.05) is 31.2 Å². The molecule has 0 aromatic heterocycles. The molecule has 0 saturated carbocycles. The smallest absolute Gasteiger partial charge is 0.165 e. The third-order valence-electron chi connectivity index (χ3n) is 3.59. The second-order valence-electron chi connectivity index (χ2n) is 5.09. The number of fused-ring (bicyclic) bond motifs is 1. The van der Waals surface area contributed by atoms with Gasteiger partial charge in [-0.2, -0.15) is 0 Å². The van der Waals surface area contributed by atoms with E-state index in [-0.39, 0.29) is 0 Å². The van der Waals surface area contributed by atoms with Gasteiger partial charge < -0.3 is 19.5 Å². The fourth-order valence-electron chi connectivity index (χ4n) is 2.55. The van der Waals surface area contributed by atoms with Gasteiger partial charge in [-0.15, -0.1) is 0 Å². The lowest BCUT2D eigenvalue weighted by atomic mass is 10.1. The zero-order chi connectivity index (χ0) is 12.9. The summed E-state index contributed by atoms with van der Waals surface area (Å²) in [6, 6.07) is 6.57. The van der Waals surface area contributed by atoms with Gasteiger partial charge in [0.2, 0.25) is 0 Å². The largest absolute Gasteiger partial charge is 0.490 e. The molecular formula is C15H21NO3. The fraction of sp³-hybridized carbons (Fsp3) is 0.600. The van der Waals surface area contributed by atoms with Crippen molar-refractivity contribution in [2.24, 2.45) is 0 Å². The van der Waals surface area contributed by atoms with Gasteiger partial charge in [-0.25, -0.2) is 0 Å². The van der Waals surface area contributed by atoms with Crippen molar-refractivity contribution in [2.45, 2.75) is 31.8 Å². The summed E-state index contributed by atoms with van der Waals surface area (Å²) in [4.78, 5) is 0. The van der Waals surface area contributed by atoms with E-state index in [1.165, 1.54) is 12.0 Å². The average molecular weight is 263 g/mol. The SMILES string of the molecule is c1cc(CNC2CCCOC2)c2c(c1)OCCCO2. The van der Waals surface area contributed by atoms with Crippen LogP contribution in [0.25, 0.3) is 0 Å². The number of hydrogen-bond donors (Lipinski definition) is 1. The van der Waals surface area contributed by atoms with Crippen molar-refractivity contribution in [3.8, 4) is 11.5 Å². The number of para-hydroxylation sites is 1. The molecule has 1 N–H and O–H groups in total. The van der Waals surface area contributed by atoms with E-state index < -0.39 is 0 Å². The number of benzene rings is 1. The van der Waals surface area contributed by atoms with E-state index >= 15 is 0 Å². The lowest BCUT2D eigenvalue weighted by Gasteiger charge is -2.23. The Bertz CT molecular complexity index is 416. The maximum absolute atomic E-state index is 5.82. The van der Waals surface area contributed by atoms with Crippen LogP contribution in [0.2, 0.25) is 0 Å². The van der Waals surface area contributed by atoms with Crippen LogP contribution in [0.1, 0.15) is 24.8 Å². The van der Waals surface area contributed by atoms with Crippen LogP contribution < -0.4 is 14.8 Å². The molecule has 1 aromatic carbocycles. The summed E-state index contributed by atoms with van der Waals surface area (Å²) in [5.41, 5.74) is 1.17. The highest BCUT2D eigenvalue weighted by Gasteiger charge is 2.17. The fourth-order valence-corrected chi connectivity index (χ4v) is 2.55. The highest BCUT2D eigenvalue weighted by molar-refractivity contribution is 5.47. The molecule has 0 amide bonds. The van der Waals surface area contributed by atoms with E-state index in [4.69, 9.17) is 14.2 Å². The van der Waals surface area contributed by atoms with E-state index in [2.05, 4.69) is 11.4 Å². The van der Waals surface area contributed by atoms with Crippen LogP contribution in [-0.4, -0.2) is 32.5 Å². The Hall–Kier alpha value is -1.26. The molecule has 1 unspecified atom stereocenters. The minimum absolute atomic E-state index is 0.455. The van der Waals surface area contributed by atoms with E-state index in [1.54, 1.807) is 0 Å².